The number of esters is 1. The molecule has 0 aliphatic carbocycles. The summed E-state index contributed by atoms with van der Waals surface area (Å²) in [6.45, 7) is 3.22. The monoisotopic (exact) mass is 200 g/mol. The fraction of sp³-hybridized carbons (Fsp3) is 0.333. The van der Waals surface area contributed by atoms with Crippen LogP contribution in [0.5, 0.6) is 0 Å². The van der Waals surface area contributed by atoms with Crippen molar-refractivity contribution >= 4 is 11.9 Å². The van der Waals surface area contributed by atoms with Crippen LogP contribution in [0, 0.1) is 0 Å². The van der Waals surface area contributed by atoms with Crippen molar-refractivity contribution in [1.82, 2.24) is 0 Å². The second-order valence-corrected chi connectivity index (χ2v) is 2.48. The Balaban J connectivity index is 3.73. The molecular formula is C9H12O5. The minimum atomic E-state index is -1.23. The van der Waals surface area contributed by atoms with Crippen molar-refractivity contribution in [3.63, 3.8) is 0 Å². The van der Waals surface area contributed by atoms with Crippen molar-refractivity contribution in [3.8, 4) is 0 Å². The molecule has 0 aromatic heterocycles. The number of aliphatic carboxylic acids is 1. The molecule has 1 atom stereocenters. The fourth-order valence-corrected chi connectivity index (χ4v) is 0.626. The van der Waals surface area contributed by atoms with Crippen molar-refractivity contribution in [2.75, 3.05) is 6.61 Å². The number of carbonyl (C=O) groups is 2. The quantitative estimate of drug-likeness (QED) is 0.361. The van der Waals surface area contributed by atoms with E-state index in [-0.39, 0.29) is 6.61 Å². The standard InChI is InChI=1S/C9H12O5/c1-2-3-7(10)6-14-9(13)5-4-8(11)12/h2,4-5,7,10H,1,3,6H2,(H,11,12). The van der Waals surface area contributed by atoms with Crippen molar-refractivity contribution in [2.45, 2.75) is 12.5 Å². The molecule has 0 aromatic rings. The maximum atomic E-state index is 10.7. The van der Waals surface area contributed by atoms with Crippen LogP contribution < -0.4 is 0 Å². The van der Waals surface area contributed by atoms with E-state index < -0.39 is 18.0 Å². The molecule has 0 rings (SSSR count). The fourth-order valence-electron chi connectivity index (χ4n) is 0.626. The van der Waals surface area contributed by atoms with E-state index in [1.165, 1.54) is 6.08 Å². The summed E-state index contributed by atoms with van der Waals surface area (Å²) in [5.41, 5.74) is 0. The van der Waals surface area contributed by atoms with Gasteiger partial charge in [-0.25, -0.2) is 9.59 Å². The summed E-state index contributed by atoms with van der Waals surface area (Å²) in [6, 6.07) is 0. The second kappa shape index (κ2) is 6.85. The zero-order valence-electron chi connectivity index (χ0n) is 7.55. The normalized spacial score (nSPS) is 12.4. The van der Waals surface area contributed by atoms with Gasteiger partial charge in [-0.1, -0.05) is 6.08 Å². The molecule has 0 saturated carbocycles. The van der Waals surface area contributed by atoms with Crippen LogP contribution in [0.4, 0.5) is 0 Å². The lowest BCUT2D eigenvalue weighted by Crippen LogP contribution is -2.16. The first-order valence-electron chi connectivity index (χ1n) is 3.93. The van der Waals surface area contributed by atoms with Crippen molar-refractivity contribution in [3.05, 3.63) is 24.8 Å². The van der Waals surface area contributed by atoms with Crippen molar-refractivity contribution in [2.24, 2.45) is 0 Å². The average Bonchev–Trinajstić information content (AvgIpc) is 2.12. The van der Waals surface area contributed by atoms with Gasteiger partial charge in [0.1, 0.15) is 6.61 Å². The van der Waals surface area contributed by atoms with Gasteiger partial charge in [-0.3, -0.25) is 0 Å². The van der Waals surface area contributed by atoms with E-state index in [0.29, 0.717) is 12.5 Å². The molecule has 0 spiro atoms. The van der Waals surface area contributed by atoms with E-state index in [2.05, 4.69) is 11.3 Å². The van der Waals surface area contributed by atoms with E-state index in [1.54, 1.807) is 0 Å². The smallest absolute Gasteiger partial charge is 0.331 e. The van der Waals surface area contributed by atoms with Crippen LogP contribution in [-0.2, 0) is 14.3 Å². The van der Waals surface area contributed by atoms with Crippen molar-refractivity contribution < 1.29 is 24.5 Å². The van der Waals surface area contributed by atoms with E-state index >= 15 is 0 Å². The maximum absolute atomic E-state index is 10.7. The molecule has 2 N–H and O–H groups in total. The molecule has 0 aromatic carbocycles. The first kappa shape index (κ1) is 12.4. The number of rotatable bonds is 6. The van der Waals surface area contributed by atoms with Gasteiger partial charge in [-0.15, -0.1) is 6.58 Å². The Morgan fingerprint density at radius 1 is 1.43 bits per heavy atom. The summed E-state index contributed by atoms with van der Waals surface area (Å²) in [5.74, 6) is -2.02. The molecule has 0 bridgehead atoms. The van der Waals surface area contributed by atoms with Gasteiger partial charge in [-0.2, -0.15) is 0 Å². The zero-order chi connectivity index (χ0) is 11.0. The topological polar surface area (TPSA) is 83.8 Å². The Bertz CT molecular complexity index is 244. The maximum Gasteiger partial charge on any atom is 0.331 e. The van der Waals surface area contributed by atoms with Gasteiger partial charge < -0.3 is 14.9 Å². The SMILES string of the molecule is C=CCC(O)COC(=O)C=CC(=O)O. The molecule has 0 radical (unpaired) electrons. The number of carboxylic acid groups (broad SMARTS) is 1. The molecule has 0 fully saturated rings. The van der Waals surface area contributed by atoms with Crippen LogP contribution >= 0.6 is 0 Å². The van der Waals surface area contributed by atoms with Crippen LogP contribution in [-0.4, -0.2) is 34.9 Å². The third kappa shape index (κ3) is 7.05. The molecule has 0 aliphatic rings. The summed E-state index contributed by atoms with van der Waals surface area (Å²) < 4.78 is 4.52. The largest absolute Gasteiger partial charge is 0.478 e. The van der Waals surface area contributed by atoms with Gasteiger partial charge in [0.15, 0.2) is 0 Å². The molecule has 0 heterocycles. The number of ether oxygens (including phenoxy) is 1. The highest BCUT2D eigenvalue weighted by Gasteiger charge is 2.04. The van der Waals surface area contributed by atoms with Crippen LogP contribution in [0.15, 0.2) is 24.8 Å². The molecule has 5 nitrogen and oxygen atoms in total. The van der Waals surface area contributed by atoms with Gasteiger partial charge in [0.05, 0.1) is 6.10 Å². The number of hydrogen-bond acceptors (Lipinski definition) is 4. The van der Waals surface area contributed by atoms with Gasteiger partial charge in [0, 0.05) is 12.2 Å². The zero-order valence-corrected chi connectivity index (χ0v) is 7.55. The molecule has 5 heteroatoms. The van der Waals surface area contributed by atoms with E-state index in [1.807, 2.05) is 0 Å². The minimum absolute atomic E-state index is 0.172. The predicted molar refractivity (Wildman–Crippen MR) is 48.6 cm³/mol. The lowest BCUT2D eigenvalue weighted by Gasteiger charge is -2.06. The Hall–Kier alpha value is -1.62. The van der Waals surface area contributed by atoms with Crippen LogP contribution in [0.1, 0.15) is 6.42 Å². The van der Waals surface area contributed by atoms with Crippen LogP contribution in [0.3, 0.4) is 0 Å². The summed E-state index contributed by atoms with van der Waals surface area (Å²) in [6.07, 6.45) is 2.46. The highest BCUT2D eigenvalue weighted by Crippen LogP contribution is 1.93. The summed E-state index contributed by atoms with van der Waals surface area (Å²) in [7, 11) is 0. The molecule has 0 saturated heterocycles. The van der Waals surface area contributed by atoms with Gasteiger partial charge >= 0.3 is 11.9 Å². The molecular weight excluding hydrogens is 188 g/mol. The summed E-state index contributed by atoms with van der Waals surface area (Å²) >= 11 is 0. The Morgan fingerprint density at radius 3 is 2.57 bits per heavy atom. The first-order chi connectivity index (χ1) is 6.56. The highest BCUT2D eigenvalue weighted by molar-refractivity contribution is 5.90. The van der Waals surface area contributed by atoms with Gasteiger partial charge in [-0.05, 0) is 6.42 Å². The lowest BCUT2D eigenvalue weighted by molar-refractivity contribution is -0.141. The molecule has 14 heavy (non-hydrogen) atoms. The number of aliphatic hydroxyl groups excluding tert-OH is 1. The highest BCUT2D eigenvalue weighted by atomic mass is 16.5. The third-order valence-corrected chi connectivity index (χ3v) is 1.22. The first-order valence-corrected chi connectivity index (χ1v) is 3.93. The number of hydrogen-bond donors (Lipinski definition) is 2. The van der Waals surface area contributed by atoms with Crippen LogP contribution in [0.2, 0.25) is 0 Å². The number of carboxylic acids is 1. The van der Waals surface area contributed by atoms with E-state index in [4.69, 9.17) is 10.2 Å². The van der Waals surface area contributed by atoms with E-state index in [0.717, 1.165) is 6.08 Å². The van der Waals surface area contributed by atoms with Crippen molar-refractivity contribution in [1.29, 1.82) is 0 Å². The van der Waals surface area contributed by atoms with Crippen LogP contribution in [0.25, 0.3) is 0 Å². The Morgan fingerprint density at radius 2 is 2.07 bits per heavy atom. The molecule has 1 unspecified atom stereocenters. The van der Waals surface area contributed by atoms with Gasteiger partial charge in [0.25, 0.3) is 0 Å². The van der Waals surface area contributed by atoms with E-state index in [9.17, 15) is 9.59 Å². The third-order valence-electron chi connectivity index (χ3n) is 1.22. The molecule has 78 valence electrons. The Labute approximate surface area is 81.3 Å². The summed E-state index contributed by atoms with van der Waals surface area (Å²) in [5, 5.41) is 17.3. The Kier molecular flexibility index (Phi) is 6.06. The predicted octanol–water partition coefficient (Wildman–Crippen LogP) is 0.107. The average molecular weight is 200 g/mol. The minimum Gasteiger partial charge on any atom is -0.478 e. The van der Waals surface area contributed by atoms with Gasteiger partial charge in [0.2, 0.25) is 0 Å². The second-order valence-electron chi connectivity index (χ2n) is 2.48. The molecule has 0 aliphatic heterocycles. The number of carbonyl (C=O) groups excluding carboxylic acids is 1. The molecule has 0 amide bonds. The summed E-state index contributed by atoms with van der Waals surface area (Å²) in [4.78, 5) is 20.7. The number of aliphatic hydroxyl groups is 1. The lowest BCUT2D eigenvalue weighted by atomic mass is 10.3.